The zero-order valence-corrected chi connectivity index (χ0v) is 12.6. The Morgan fingerprint density at radius 2 is 2.00 bits per heavy atom. The van der Waals surface area contributed by atoms with E-state index in [0.717, 1.165) is 17.0 Å². The number of nitrogens with zero attached hydrogens (tertiary/aromatic N) is 3. The summed E-state index contributed by atoms with van der Waals surface area (Å²) in [5, 5.41) is 15.8. The van der Waals surface area contributed by atoms with Crippen LogP contribution in [0, 0.1) is 13.8 Å². The summed E-state index contributed by atoms with van der Waals surface area (Å²) < 4.78 is 1.76. The summed E-state index contributed by atoms with van der Waals surface area (Å²) in [4.78, 5) is 24.1. The number of hydrogen-bond donors (Lipinski definition) is 2. The van der Waals surface area contributed by atoms with Crippen LogP contribution in [0.15, 0.2) is 0 Å². The molecule has 1 aromatic heterocycles. The summed E-state index contributed by atoms with van der Waals surface area (Å²) in [6, 6.07) is -0.563. The van der Waals surface area contributed by atoms with Crippen molar-refractivity contribution in [2.75, 3.05) is 6.54 Å². The van der Waals surface area contributed by atoms with E-state index < -0.39 is 5.97 Å². The first-order valence-electron chi connectivity index (χ1n) is 6.49. The first-order chi connectivity index (χ1) is 9.23. The first kappa shape index (κ1) is 16.0. The largest absolute Gasteiger partial charge is 0.480 e. The Morgan fingerprint density at radius 1 is 1.40 bits per heavy atom. The van der Waals surface area contributed by atoms with Crippen molar-refractivity contribution in [1.29, 1.82) is 0 Å². The van der Waals surface area contributed by atoms with Gasteiger partial charge in [0.1, 0.15) is 6.54 Å². The predicted molar refractivity (Wildman–Crippen MR) is 74.4 cm³/mol. The summed E-state index contributed by atoms with van der Waals surface area (Å²) in [5.74, 6) is -1.03. The van der Waals surface area contributed by atoms with Crippen molar-refractivity contribution in [2.45, 2.75) is 40.3 Å². The first-order valence-corrected chi connectivity index (χ1v) is 6.49. The minimum Gasteiger partial charge on any atom is -0.480 e. The topological polar surface area (TPSA) is 87.5 Å². The predicted octanol–water partition coefficient (Wildman–Crippen LogP) is 1.04. The van der Waals surface area contributed by atoms with Gasteiger partial charge in [0.15, 0.2) is 0 Å². The van der Waals surface area contributed by atoms with Gasteiger partial charge in [0.25, 0.3) is 0 Å². The number of aryl methyl sites for hydroxylation is 2. The van der Waals surface area contributed by atoms with Crippen LogP contribution in [0.1, 0.15) is 30.8 Å². The maximum Gasteiger partial charge on any atom is 0.323 e. The lowest BCUT2D eigenvalue weighted by Crippen LogP contribution is -2.46. The number of carbonyl (C=O) groups is 2. The fourth-order valence-corrected chi connectivity index (χ4v) is 1.97. The highest BCUT2D eigenvalue weighted by Gasteiger charge is 2.20. The highest BCUT2D eigenvalue weighted by molar-refractivity contribution is 5.80. The summed E-state index contributed by atoms with van der Waals surface area (Å²) in [5.41, 5.74) is 2.80. The van der Waals surface area contributed by atoms with E-state index in [-0.39, 0.29) is 18.6 Å². The van der Waals surface area contributed by atoms with Crippen LogP contribution in [0.4, 0.5) is 4.79 Å². The molecule has 0 aromatic carbocycles. The molecule has 7 heteroatoms. The van der Waals surface area contributed by atoms with Gasteiger partial charge in [-0.2, -0.15) is 5.10 Å². The number of hydrogen-bond acceptors (Lipinski definition) is 3. The molecule has 2 amide bonds. The van der Waals surface area contributed by atoms with Gasteiger partial charge in [0, 0.05) is 30.9 Å². The molecule has 0 saturated heterocycles. The van der Waals surface area contributed by atoms with Crippen molar-refractivity contribution in [1.82, 2.24) is 20.0 Å². The minimum atomic E-state index is -1.03. The number of carboxylic acids is 1. The van der Waals surface area contributed by atoms with Gasteiger partial charge in [-0.05, 0) is 27.7 Å². The summed E-state index contributed by atoms with van der Waals surface area (Å²) >= 11 is 0. The Hall–Kier alpha value is -2.05. The van der Waals surface area contributed by atoms with E-state index in [1.54, 1.807) is 18.5 Å². The second kappa shape index (κ2) is 6.40. The third-order valence-corrected chi connectivity index (χ3v) is 3.27. The molecule has 0 bridgehead atoms. The van der Waals surface area contributed by atoms with Gasteiger partial charge in [0.2, 0.25) is 0 Å². The Kier molecular flexibility index (Phi) is 5.12. The molecule has 7 nitrogen and oxygen atoms in total. The fourth-order valence-electron chi connectivity index (χ4n) is 1.97. The summed E-state index contributed by atoms with van der Waals surface area (Å²) in [7, 11) is 1.85. The zero-order chi connectivity index (χ0) is 15.4. The average Bonchev–Trinajstić information content (AvgIpc) is 2.57. The van der Waals surface area contributed by atoms with Crippen LogP contribution in [-0.2, 0) is 18.4 Å². The molecule has 0 aliphatic rings. The van der Waals surface area contributed by atoms with Gasteiger partial charge >= 0.3 is 12.0 Å². The maximum atomic E-state index is 12.0. The van der Waals surface area contributed by atoms with Crippen molar-refractivity contribution in [3.8, 4) is 0 Å². The third-order valence-electron chi connectivity index (χ3n) is 3.27. The molecule has 0 fully saturated rings. The van der Waals surface area contributed by atoms with E-state index in [2.05, 4.69) is 10.4 Å². The number of urea groups is 1. The third kappa shape index (κ3) is 3.72. The molecule has 0 aliphatic heterocycles. The lowest BCUT2D eigenvalue weighted by Gasteiger charge is -2.25. The van der Waals surface area contributed by atoms with Gasteiger partial charge in [-0.3, -0.25) is 9.48 Å². The molecule has 112 valence electrons. The van der Waals surface area contributed by atoms with E-state index >= 15 is 0 Å². The van der Waals surface area contributed by atoms with Crippen molar-refractivity contribution < 1.29 is 14.7 Å². The fraction of sp³-hybridized carbons (Fsp3) is 0.615. The normalized spacial score (nSPS) is 10.7. The van der Waals surface area contributed by atoms with Crippen molar-refractivity contribution in [3.05, 3.63) is 17.0 Å². The number of nitrogens with one attached hydrogen (secondary N) is 1. The molecule has 0 radical (unpaired) electrons. The molecule has 0 spiro atoms. The molecular weight excluding hydrogens is 260 g/mol. The maximum absolute atomic E-state index is 12.0. The quantitative estimate of drug-likeness (QED) is 0.844. The number of carbonyl (C=O) groups excluding carboxylic acids is 1. The number of amides is 2. The Bertz CT molecular complexity index is 508. The van der Waals surface area contributed by atoms with Crippen LogP contribution in [0.3, 0.4) is 0 Å². The van der Waals surface area contributed by atoms with E-state index in [1.165, 1.54) is 4.90 Å². The van der Waals surface area contributed by atoms with E-state index in [0.29, 0.717) is 6.54 Å². The Labute approximate surface area is 118 Å². The van der Waals surface area contributed by atoms with Crippen molar-refractivity contribution in [2.24, 2.45) is 7.05 Å². The van der Waals surface area contributed by atoms with Gasteiger partial charge in [-0.1, -0.05) is 0 Å². The molecular formula is C13H22N4O3. The minimum absolute atomic E-state index is 0.179. The second-order valence-electron chi connectivity index (χ2n) is 5.05. The van der Waals surface area contributed by atoms with Gasteiger partial charge in [-0.15, -0.1) is 0 Å². The van der Waals surface area contributed by atoms with Crippen LogP contribution in [-0.4, -0.2) is 44.4 Å². The standard InChI is InChI=1S/C13H22N4O3/c1-8(2)17(7-12(18)19)13(20)14-6-11-9(3)15-16(5)10(11)4/h8H,6-7H2,1-5H3,(H,14,20)(H,18,19). The lowest BCUT2D eigenvalue weighted by atomic mass is 10.2. The van der Waals surface area contributed by atoms with Gasteiger partial charge in [-0.25, -0.2) is 4.79 Å². The van der Waals surface area contributed by atoms with E-state index in [4.69, 9.17) is 5.11 Å². The Morgan fingerprint density at radius 3 is 2.40 bits per heavy atom. The lowest BCUT2D eigenvalue weighted by molar-refractivity contribution is -0.138. The average molecular weight is 282 g/mol. The van der Waals surface area contributed by atoms with Gasteiger partial charge in [0.05, 0.1) is 5.69 Å². The smallest absolute Gasteiger partial charge is 0.323 e. The molecule has 1 aromatic rings. The molecule has 1 rings (SSSR count). The number of rotatable bonds is 5. The number of carboxylic acid groups (broad SMARTS) is 1. The second-order valence-corrected chi connectivity index (χ2v) is 5.05. The molecule has 0 saturated carbocycles. The van der Waals surface area contributed by atoms with E-state index in [9.17, 15) is 9.59 Å². The van der Waals surface area contributed by atoms with Crippen LogP contribution in [0.5, 0.6) is 0 Å². The number of aromatic nitrogens is 2. The molecule has 1 heterocycles. The van der Waals surface area contributed by atoms with E-state index in [1.807, 2.05) is 20.9 Å². The molecule has 0 aliphatic carbocycles. The monoisotopic (exact) mass is 282 g/mol. The van der Waals surface area contributed by atoms with Crippen LogP contribution in [0.25, 0.3) is 0 Å². The molecule has 0 unspecified atom stereocenters. The molecule has 0 atom stereocenters. The van der Waals surface area contributed by atoms with Crippen LogP contribution < -0.4 is 5.32 Å². The molecule has 2 N–H and O–H groups in total. The van der Waals surface area contributed by atoms with Crippen LogP contribution >= 0.6 is 0 Å². The van der Waals surface area contributed by atoms with Crippen molar-refractivity contribution >= 4 is 12.0 Å². The Balaban J connectivity index is 2.72. The number of aliphatic carboxylic acids is 1. The summed E-state index contributed by atoms with van der Waals surface area (Å²) in [6.07, 6.45) is 0. The summed E-state index contributed by atoms with van der Waals surface area (Å²) in [6.45, 7) is 7.40. The highest BCUT2D eigenvalue weighted by atomic mass is 16.4. The highest BCUT2D eigenvalue weighted by Crippen LogP contribution is 2.11. The molecule has 20 heavy (non-hydrogen) atoms. The zero-order valence-electron chi connectivity index (χ0n) is 12.6. The van der Waals surface area contributed by atoms with Gasteiger partial charge < -0.3 is 15.3 Å². The SMILES string of the molecule is Cc1nn(C)c(C)c1CNC(=O)N(CC(=O)O)C(C)C. The van der Waals surface area contributed by atoms with Crippen molar-refractivity contribution in [3.63, 3.8) is 0 Å². The van der Waals surface area contributed by atoms with Crippen LogP contribution in [0.2, 0.25) is 0 Å².